The molecular weight excluding hydrogens is 487 g/mol. The van der Waals surface area contributed by atoms with Gasteiger partial charge in [-0.25, -0.2) is 8.42 Å². The minimum atomic E-state index is -3.93. The Kier molecular flexibility index (Phi) is 11.5. The molecule has 192 valence electrons. The van der Waals surface area contributed by atoms with Gasteiger partial charge in [-0.1, -0.05) is 70.0 Å². The maximum absolute atomic E-state index is 12.9. The van der Waals surface area contributed by atoms with E-state index < -0.39 is 36.2 Å². The molecule has 0 heterocycles. The Hall–Kier alpha value is -2.16. The number of nitrogens with two attached hydrogens (primary N) is 1. The molecule has 0 amide bonds. The summed E-state index contributed by atoms with van der Waals surface area (Å²) in [7, 11) is -6.42. The summed E-state index contributed by atoms with van der Waals surface area (Å²) in [5.74, 6) is -2.57. The van der Waals surface area contributed by atoms with Crippen LogP contribution in [0.15, 0.2) is 53.4 Å². The van der Waals surface area contributed by atoms with Crippen LogP contribution in [-0.2, 0) is 36.9 Å². The van der Waals surface area contributed by atoms with Crippen molar-refractivity contribution >= 4 is 24.0 Å². The average Bonchev–Trinajstić information content (AvgIpc) is 2.82. The van der Waals surface area contributed by atoms with Crippen LogP contribution in [0.5, 0.6) is 0 Å². The van der Waals surface area contributed by atoms with Crippen molar-refractivity contribution in [2.45, 2.75) is 70.0 Å². The second kappa shape index (κ2) is 13.8. The fraction of sp³-hybridized carbons (Fsp3) is 0.480. The summed E-state index contributed by atoms with van der Waals surface area (Å²) in [6.07, 6.45) is 2.79. The number of aliphatic carboxylic acids is 1. The number of hydrogen-bond donors (Lipinski definition) is 3. The van der Waals surface area contributed by atoms with Gasteiger partial charge in [0, 0.05) is 6.54 Å². The molecule has 0 bridgehead atoms. The molecule has 10 heteroatoms. The predicted octanol–water partition coefficient (Wildman–Crippen LogP) is 4.77. The van der Waals surface area contributed by atoms with Crippen molar-refractivity contribution < 1.29 is 27.4 Å². The Morgan fingerprint density at radius 2 is 1.80 bits per heavy atom. The van der Waals surface area contributed by atoms with Crippen LogP contribution in [0, 0.1) is 5.92 Å². The van der Waals surface area contributed by atoms with Gasteiger partial charge in [0.25, 0.3) is 0 Å². The van der Waals surface area contributed by atoms with Crippen LogP contribution >= 0.6 is 8.03 Å². The number of benzene rings is 2. The standard InChI is InChI=1S/C25H35N2O6PS/c1-4-5-6-8-19-11-13-22(14-12-19)35(31,32)27-24(18(2)3)33-34(30)17-23(25(28)29)21-10-7-9-20(15-21)16-26/h7,9-15,18,23-24,27H,4-6,8,16-17,26H2,1-3H3/p+1. The molecule has 0 fully saturated rings. The summed E-state index contributed by atoms with van der Waals surface area (Å²) in [5, 5.41) is 9.68. The Labute approximate surface area is 209 Å². The SMILES string of the molecule is CCCCCc1ccc(S(=O)(=O)NC(O[P+](=O)CC(C(=O)O)c2cccc(CN)c2)C(C)C)cc1. The molecule has 0 aliphatic rings. The molecule has 2 aromatic carbocycles. The highest BCUT2D eigenvalue weighted by molar-refractivity contribution is 7.89. The number of unbranched alkanes of at least 4 members (excludes halogenated alkanes) is 2. The molecule has 4 N–H and O–H groups in total. The van der Waals surface area contributed by atoms with Crippen LogP contribution in [0.2, 0.25) is 0 Å². The highest BCUT2D eigenvalue weighted by Gasteiger charge is 2.36. The van der Waals surface area contributed by atoms with Gasteiger partial charge in [0.05, 0.1) is 4.90 Å². The third-order valence-corrected chi connectivity index (χ3v) is 8.19. The maximum atomic E-state index is 12.9. The summed E-state index contributed by atoms with van der Waals surface area (Å²) in [4.78, 5) is 11.9. The fourth-order valence-electron chi connectivity index (χ4n) is 3.50. The second-order valence-corrected chi connectivity index (χ2v) is 11.8. The van der Waals surface area contributed by atoms with E-state index in [-0.39, 0.29) is 23.5 Å². The Balaban J connectivity index is 2.09. The summed E-state index contributed by atoms with van der Waals surface area (Å²) < 4.78 is 46.7. The summed E-state index contributed by atoms with van der Waals surface area (Å²) in [6.45, 7) is 5.84. The van der Waals surface area contributed by atoms with Crippen molar-refractivity contribution in [2.24, 2.45) is 11.7 Å². The molecular formula is C25H36N2O6PS+. The molecule has 35 heavy (non-hydrogen) atoms. The summed E-state index contributed by atoms with van der Waals surface area (Å²) in [6, 6.07) is 13.5. The molecule has 0 spiro atoms. The van der Waals surface area contributed by atoms with Crippen molar-refractivity contribution in [1.82, 2.24) is 4.72 Å². The molecule has 0 aliphatic carbocycles. The first-order valence-electron chi connectivity index (χ1n) is 11.8. The number of aryl methyl sites for hydroxylation is 1. The summed E-state index contributed by atoms with van der Waals surface area (Å²) >= 11 is 0. The smallest absolute Gasteiger partial charge is 0.481 e. The van der Waals surface area contributed by atoms with E-state index in [0.717, 1.165) is 36.8 Å². The molecule has 3 unspecified atom stereocenters. The topological polar surface area (TPSA) is 136 Å². The molecule has 0 saturated heterocycles. The van der Waals surface area contributed by atoms with Crippen molar-refractivity contribution in [2.75, 3.05) is 6.16 Å². The van der Waals surface area contributed by atoms with Crippen molar-refractivity contribution in [3.63, 3.8) is 0 Å². The number of nitrogens with one attached hydrogen (secondary N) is 1. The first-order valence-corrected chi connectivity index (χ1v) is 14.7. The van der Waals surface area contributed by atoms with Crippen LogP contribution in [0.1, 0.15) is 62.6 Å². The number of carboxylic acids is 1. The minimum Gasteiger partial charge on any atom is -0.481 e. The Morgan fingerprint density at radius 3 is 2.37 bits per heavy atom. The number of sulfonamides is 1. The van der Waals surface area contributed by atoms with E-state index in [2.05, 4.69) is 11.6 Å². The molecule has 0 radical (unpaired) electrons. The minimum absolute atomic E-state index is 0.0863. The van der Waals surface area contributed by atoms with Gasteiger partial charge in [-0.3, -0.25) is 4.79 Å². The number of hydrogen-bond acceptors (Lipinski definition) is 6. The zero-order valence-electron chi connectivity index (χ0n) is 20.5. The van der Waals surface area contributed by atoms with E-state index in [1.165, 1.54) is 0 Å². The van der Waals surface area contributed by atoms with Crippen molar-refractivity contribution in [1.29, 1.82) is 0 Å². The van der Waals surface area contributed by atoms with Crippen LogP contribution in [0.3, 0.4) is 0 Å². The molecule has 0 aromatic heterocycles. The molecule has 2 aromatic rings. The quantitative estimate of drug-likeness (QED) is 0.174. The third kappa shape index (κ3) is 9.09. The lowest BCUT2D eigenvalue weighted by Gasteiger charge is -2.18. The Morgan fingerprint density at radius 1 is 1.11 bits per heavy atom. The van der Waals surface area contributed by atoms with Gasteiger partial charge in [0.2, 0.25) is 10.0 Å². The van der Waals surface area contributed by atoms with E-state index in [9.17, 15) is 22.9 Å². The monoisotopic (exact) mass is 523 g/mol. The highest BCUT2D eigenvalue weighted by atomic mass is 32.2. The van der Waals surface area contributed by atoms with E-state index in [4.69, 9.17) is 10.3 Å². The van der Waals surface area contributed by atoms with Crippen molar-refractivity contribution in [3.05, 3.63) is 65.2 Å². The normalized spacial score (nSPS) is 14.0. The van der Waals surface area contributed by atoms with Crippen molar-refractivity contribution in [3.8, 4) is 0 Å². The van der Waals surface area contributed by atoms with Crippen LogP contribution in [0.4, 0.5) is 0 Å². The predicted molar refractivity (Wildman–Crippen MR) is 137 cm³/mol. The Bertz CT molecular complexity index is 1090. The van der Waals surface area contributed by atoms with Gasteiger partial charge in [0.15, 0.2) is 12.4 Å². The third-order valence-electron chi connectivity index (χ3n) is 5.63. The summed E-state index contributed by atoms with van der Waals surface area (Å²) in [5.41, 5.74) is 7.93. The van der Waals surface area contributed by atoms with E-state index in [1.54, 1.807) is 62.4 Å². The van der Waals surface area contributed by atoms with Gasteiger partial charge < -0.3 is 10.8 Å². The largest absolute Gasteiger partial charge is 0.511 e. The lowest BCUT2D eigenvalue weighted by Crippen LogP contribution is -2.39. The molecule has 0 aliphatic heterocycles. The molecule has 8 nitrogen and oxygen atoms in total. The van der Waals surface area contributed by atoms with E-state index in [1.807, 2.05) is 0 Å². The number of carboxylic acid groups (broad SMARTS) is 1. The lowest BCUT2D eigenvalue weighted by atomic mass is 9.99. The fourth-order valence-corrected chi connectivity index (χ4v) is 6.12. The van der Waals surface area contributed by atoms with Gasteiger partial charge in [0.1, 0.15) is 5.92 Å². The number of carbonyl (C=O) groups is 1. The first-order chi connectivity index (χ1) is 16.6. The molecule has 0 saturated carbocycles. The van der Waals surface area contributed by atoms with Crippen LogP contribution < -0.4 is 10.5 Å². The van der Waals surface area contributed by atoms with Gasteiger partial charge in [-0.05, 0) is 52.1 Å². The first kappa shape index (κ1) is 29.1. The zero-order chi connectivity index (χ0) is 26.0. The van der Waals surface area contributed by atoms with Crippen LogP contribution in [0.25, 0.3) is 0 Å². The highest BCUT2D eigenvalue weighted by Crippen LogP contribution is 2.34. The van der Waals surface area contributed by atoms with Gasteiger partial charge >= 0.3 is 14.0 Å². The average molecular weight is 524 g/mol. The van der Waals surface area contributed by atoms with Gasteiger partial charge in [-0.2, -0.15) is 4.72 Å². The van der Waals surface area contributed by atoms with E-state index >= 15 is 0 Å². The second-order valence-electron chi connectivity index (χ2n) is 8.85. The molecule has 2 rings (SSSR count). The zero-order valence-corrected chi connectivity index (χ0v) is 22.2. The van der Waals surface area contributed by atoms with E-state index in [0.29, 0.717) is 5.56 Å². The maximum Gasteiger partial charge on any atom is 0.511 e. The lowest BCUT2D eigenvalue weighted by molar-refractivity contribution is -0.138. The van der Waals surface area contributed by atoms with Gasteiger partial charge in [-0.15, -0.1) is 4.52 Å². The number of rotatable bonds is 15. The van der Waals surface area contributed by atoms with Crippen LogP contribution in [-0.4, -0.2) is 31.9 Å². The molecule has 3 atom stereocenters.